The van der Waals surface area contributed by atoms with Crippen LogP contribution < -0.4 is 9.47 Å². The number of esters is 2. The highest BCUT2D eigenvalue weighted by Crippen LogP contribution is 2.33. The highest BCUT2D eigenvalue weighted by Gasteiger charge is 2.11. The number of carbonyl (C=O) groups excluding carboxylic acids is 2. The average molecular weight is 380 g/mol. The Bertz CT molecular complexity index is 758. The Kier molecular flexibility index (Phi) is 8.00. The molecule has 2 aromatic carbocycles. The standard InChI is InChI=1S/C24H28O4/c1-5-21(17-9-13-19(14-10-17)27-23(25)7-3)22(6-2)18-11-15-20(16-12-18)28-24(26)8-4/h9-16H,5-8H2,1-4H3. The van der Waals surface area contributed by atoms with Crippen LogP contribution in [0.25, 0.3) is 11.1 Å². The van der Waals surface area contributed by atoms with Crippen molar-refractivity contribution in [1.82, 2.24) is 0 Å². The van der Waals surface area contributed by atoms with E-state index in [1.165, 1.54) is 11.1 Å². The van der Waals surface area contributed by atoms with Gasteiger partial charge in [0.1, 0.15) is 11.5 Å². The Morgan fingerprint density at radius 2 is 0.893 bits per heavy atom. The molecular weight excluding hydrogens is 352 g/mol. The molecule has 0 aliphatic carbocycles. The molecular formula is C24H28O4. The molecule has 0 heterocycles. The minimum absolute atomic E-state index is 0.239. The second-order valence-electron chi connectivity index (χ2n) is 6.37. The first-order chi connectivity index (χ1) is 13.5. The van der Waals surface area contributed by atoms with E-state index in [9.17, 15) is 9.59 Å². The van der Waals surface area contributed by atoms with E-state index in [1.807, 2.05) is 48.5 Å². The third-order valence-corrected chi connectivity index (χ3v) is 4.52. The lowest BCUT2D eigenvalue weighted by atomic mass is 9.91. The lowest BCUT2D eigenvalue weighted by molar-refractivity contribution is -0.134. The van der Waals surface area contributed by atoms with E-state index in [1.54, 1.807) is 13.8 Å². The summed E-state index contributed by atoms with van der Waals surface area (Å²) in [6, 6.07) is 15.3. The van der Waals surface area contributed by atoms with Crippen LogP contribution in [0, 0.1) is 0 Å². The van der Waals surface area contributed by atoms with Gasteiger partial charge in [-0.25, -0.2) is 0 Å². The number of benzene rings is 2. The summed E-state index contributed by atoms with van der Waals surface area (Å²) in [6.07, 6.45) is 2.46. The average Bonchev–Trinajstić information content (AvgIpc) is 2.73. The van der Waals surface area contributed by atoms with Gasteiger partial charge in [0.05, 0.1) is 0 Å². The summed E-state index contributed by atoms with van der Waals surface area (Å²) in [5, 5.41) is 0. The van der Waals surface area contributed by atoms with Gasteiger partial charge in [-0.05, 0) is 59.4 Å². The van der Waals surface area contributed by atoms with Crippen LogP contribution in [0.4, 0.5) is 0 Å². The van der Waals surface area contributed by atoms with Gasteiger partial charge in [-0.3, -0.25) is 9.59 Å². The summed E-state index contributed by atoms with van der Waals surface area (Å²) >= 11 is 0. The zero-order valence-corrected chi connectivity index (χ0v) is 17.1. The predicted octanol–water partition coefficient (Wildman–Crippen LogP) is 6.05. The molecule has 0 N–H and O–H groups in total. The zero-order valence-electron chi connectivity index (χ0n) is 17.1. The molecule has 0 atom stereocenters. The summed E-state index contributed by atoms with van der Waals surface area (Å²) in [5.74, 6) is 0.645. The molecule has 0 unspecified atom stereocenters. The number of ether oxygens (including phenoxy) is 2. The first kappa shape index (κ1) is 21.4. The van der Waals surface area contributed by atoms with Crippen molar-refractivity contribution in [3.8, 4) is 11.5 Å². The maximum Gasteiger partial charge on any atom is 0.310 e. The number of hydrogen-bond acceptors (Lipinski definition) is 4. The maximum absolute atomic E-state index is 11.4. The molecule has 0 spiro atoms. The Hall–Kier alpha value is -2.88. The Morgan fingerprint density at radius 3 is 1.14 bits per heavy atom. The van der Waals surface area contributed by atoms with Gasteiger partial charge in [-0.1, -0.05) is 52.0 Å². The van der Waals surface area contributed by atoms with E-state index in [2.05, 4.69) is 13.8 Å². The Labute approximate surface area is 167 Å². The lowest BCUT2D eigenvalue weighted by Gasteiger charge is -2.15. The minimum Gasteiger partial charge on any atom is -0.427 e. The summed E-state index contributed by atoms with van der Waals surface area (Å²) in [4.78, 5) is 22.9. The lowest BCUT2D eigenvalue weighted by Crippen LogP contribution is -2.05. The van der Waals surface area contributed by atoms with Crippen LogP contribution >= 0.6 is 0 Å². The molecule has 0 bridgehead atoms. The molecule has 0 fully saturated rings. The van der Waals surface area contributed by atoms with Gasteiger partial charge in [-0.2, -0.15) is 0 Å². The first-order valence-corrected chi connectivity index (χ1v) is 9.86. The fourth-order valence-corrected chi connectivity index (χ4v) is 3.04. The van der Waals surface area contributed by atoms with Crippen LogP contribution in [0.1, 0.15) is 64.5 Å². The highest BCUT2D eigenvalue weighted by molar-refractivity contribution is 5.91. The molecule has 2 rings (SSSR count). The summed E-state index contributed by atoms with van der Waals surface area (Å²) in [6.45, 7) is 7.81. The van der Waals surface area contributed by atoms with Gasteiger partial charge in [-0.15, -0.1) is 0 Å². The summed E-state index contributed by atoms with van der Waals surface area (Å²) < 4.78 is 10.5. The second-order valence-corrected chi connectivity index (χ2v) is 6.37. The topological polar surface area (TPSA) is 52.6 Å². The van der Waals surface area contributed by atoms with E-state index in [4.69, 9.17) is 9.47 Å². The minimum atomic E-state index is -0.239. The fourth-order valence-electron chi connectivity index (χ4n) is 3.04. The monoisotopic (exact) mass is 380 g/mol. The SMILES string of the molecule is CCC(=O)Oc1ccc(C(CC)=C(CC)c2ccc(OC(=O)CC)cc2)cc1. The quantitative estimate of drug-likeness (QED) is 0.318. The molecule has 0 saturated heterocycles. The van der Waals surface area contributed by atoms with Crippen molar-refractivity contribution in [1.29, 1.82) is 0 Å². The molecule has 148 valence electrons. The van der Waals surface area contributed by atoms with Gasteiger partial charge in [0.25, 0.3) is 0 Å². The number of allylic oxidation sites excluding steroid dienone is 2. The van der Waals surface area contributed by atoms with Crippen LogP contribution in [0.2, 0.25) is 0 Å². The van der Waals surface area contributed by atoms with E-state index in [-0.39, 0.29) is 11.9 Å². The van der Waals surface area contributed by atoms with Gasteiger partial charge in [0, 0.05) is 12.8 Å². The molecule has 2 aromatic rings. The molecule has 28 heavy (non-hydrogen) atoms. The zero-order chi connectivity index (χ0) is 20.5. The van der Waals surface area contributed by atoms with Crippen molar-refractivity contribution in [3.05, 3.63) is 59.7 Å². The van der Waals surface area contributed by atoms with Crippen molar-refractivity contribution in [3.63, 3.8) is 0 Å². The number of carbonyl (C=O) groups is 2. The van der Waals surface area contributed by atoms with E-state index >= 15 is 0 Å². The molecule has 0 aliphatic rings. The molecule has 0 aliphatic heterocycles. The highest BCUT2D eigenvalue weighted by atomic mass is 16.5. The molecule has 0 radical (unpaired) electrons. The van der Waals surface area contributed by atoms with Gasteiger partial charge in [0.15, 0.2) is 0 Å². The van der Waals surface area contributed by atoms with Crippen molar-refractivity contribution in [2.75, 3.05) is 0 Å². The predicted molar refractivity (Wildman–Crippen MR) is 112 cm³/mol. The summed E-state index contributed by atoms with van der Waals surface area (Å²) in [5.41, 5.74) is 4.71. The van der Waals surface area contributed by atoms with Crippen molar-refractivity contribution < 1.29 is 19.1 Å². The smallest absolute Gasteiger partial charge is 0.310 e. The molecule has 4 nitrogen and oxygen atoms in total. The van der Waals surface area contributed by atoms with Crippen LogP contribution in [-0.2, 0) is 9.59 Å². The van der Waals surface area contributed by atoms with Gasteiger partial charge in [0.2, 0.25) is 0 Å². The third-order valence-electron chi connectivity index (χ3n) is 4.52. The fraction of sp³-hybridized carbons (Fsp3) is 0.333. The molecule has 0 amide bonds. The van der Waals surface area contributed by atoms with E-state index < -0.39 is 0 Å². The largest absolute Gasteiger partial charge is 0.427 e. The Balaban J connectivity index is 2.31. The van der Waals surface area contributed by atoms with Crippen LogP contribution in [-0.4, -0.2) is 11.9 Å². The molecule has 0 aromatic heterocycles. The van der Waals surface area contributed by atoms with Gasteiger partial charge >= 0.3 is 11.9 Å². The van der Waals surface area contributed by atoms with Crippen LogP contribution in [0.15, 0.2) is 48.5 Å². The van der Waals surface area contributed by atoms with Crippen molar-refractivity contribution >= 4 is 23.1 Å². The molecule has 0 saturated carbocycles. The first-order valence-electron chi connectivity index (χ1n) is 9.86. The van der Waals surface area contributed by atoms with Crippen molar-refractivity contribution in [2.45, 2.75) is 53.4 Å². The Morgan fingerprint density at radius 1 is 0.571 bits per heavy atom. The van der Waals surface area contributed by atoms with E-state index in [0.29, 0.717) is 24.3 Å². The van der Waals surface area contributed by atoms with E-state index in [0.717, 1.165) is 24.0 Å². The molecule has 4 heteroatoms. The number of hydrogen-bond donors (Lipinski definition) is 0. The normalized spacial score (nSPS) is 11.6. The van der Waals surface area contributed by atoms with Gasteiger partial charge < -0.3 is 9.47 Å². The van der Waals surface area contributed by atoms with Crippen LogP contribution in [0.3, 0.4) is 0 Å². The maximum atomic E-state index is 11.4. The summed E-state index contributed by atoms with van der Waals surface area (Å²) in [7, 11) is 0. The number of rotatable bonds is 8. The second kappa shape index (κ2) is 10.5. The van der Waals surface area contributed by atoms with Crippen LogP contribution in [0.5, 0.6) is 11.5 Å². The third kappa shape index (κ3) is 5.56. The van der Waals surface area contributed by atoms with Crippen molar-refractivity contribution in [2.24, 2.45) is 0 Å².